The summed E-state index contributed by atoms with van der Waals surface area (Å²) in [6.07, 6.45) is -5.76. The Morgan fingerprint density at radius 3 is 1.27 bits per heavy atom. The second-order valence-electron chi connectivity index (χ2n) is 6.44. The number of nitrogen functional groups attached to an aromatic ring is 2. The largest absolute Gasteiger partial charge is 0.456 e. The molecule has 2 aliphatic heterocycles. The second kappa shape index (κ2) is 9.18. The molecule has 0 aromatic heterocycles. The van der Waals surface area contributed by atoms with Gasteiger partial charge in [-0.25, -0.2) is 4.39 Å². The predicted molar refractivity (Wildman–Crippen MR) is 102 cm³/mol. The van der Waals surface area contributed by atoms with Crippen molar-refractivity contribution in [2.45, 2.75) is 12.1 Å². The first-order chi connectivity index (χ1) is 15.2. The number of benzene rings is 2. The maximum Gasteiger partial charge on any atom is 0.456 e. The Labute approximate surface area is 180 Å². The summed E-state index contributed by atoms with van der Waals surface area (Å²) in [6, 6.07) is 9.63. The number of hydrogen-bond donors (Lipinski definition) is 4. The van der Waals surface area contributed by atoms with Gasteiger partial charge in [-0.2, -0.15) is 22.0 Å². The van der Waals surface area contributed by atoms with Crippen molar-refractivity contribution in [1.29, 1.82) is 0 Å². The normalized spacial score (nSPS) is 14.2. The molecule has 33 heavy (non-hydrogen) atoms. The molecule has 0 saturated heterocycles. The molecule has 4 amide bonds. The fourth-order valence-corrected chi connectivity index (χ4v) is 2.57. The van der Waals surface area contributed by atoms with Crippen molar-refractivity contribution < 1.29 is 45.5 Å². The summed E-state index contributed by atoms with van der Waals surface area (Å²) < 4.78 is 65.6. The molecule has 2 aromatic carbocycles. The number of imide groups is 2. The number of fused-ring (bicyclic) bond motifs is 2. The zero-order valence-electron chi connectivity index (χ0n) is 16.2. The zero-order chi connectivity index (χ0) is 25.1. The van der Waals surface area contributed by atoms with Gasteiger partial charge in [0, 0.05) is 11.4 Å². The summed E-state index contributed by atoms with van der Waals surface area (Å²) in [5, 5.41) is 4.33. The third-order valence-corrected chi connectivity index (χ3v) is 4.17. The van der Waals surface area contributed by atoms with E-state index in [4.69, 9.17) is 11.5 Å². The first kappa shape index (κ1) is 25.2. The van der Waals surface area contributed by atoms with Crippen LogP contribution in [-0.4, -0.2) is 42.4 Å². The van der Waals surface area contributed by atoms with Gasteiger partial charge < -0.3 is 11.5 Å². The Morgan fingerprint density at radius 1 is 0.667 bits per heavy atom. The molecular weight excluding hydrogens is 462 g/mol. The highest BCUT2D eigenvalue weighted by Gasteiger charge is 2.57. The number of nitrogens with two attached hydrogens (primary N) is 2. The third-order valence-electron chi connectivity index (χ3n) is 4.17. The average molecular weight is 476 g/mol. The quantitative estimate of drug-likeness (QED) is 0.283. The van der Waals surface area contributed by atoms with Crippen molar-refractivity contribution >= 4 is 35.0 Å². The number of carbonyl (C=O) groups is 4. The first-order valence-corrected chi connectivity index (χ1v) is 8.70. The maximum absolute atomic E-state index is 11.2. The topological polar surface area (TPSA) is 144 Å². The lowest BCUT2D eigenvalue weighted by molar-refractivity contribution is -0.286. The fourth-order valence-electron chi connectivity index (χ4n) is 2.57. The molecule has 2 aromatic rings. The number of halogens is 6. The molecule has 8 nitrogen and oxygen atoms in total. The number of anilines is 2. The maximum atomic E-state index is 11.2. The van der Waals surface area contributed by atoms with Crippen molar-refractivity contribution in [2.24, 2.45) is 0 Å². The Bertz CT molecular complexity index is 1060. The number of amides is 4. The van der Waals surface area contributed by atoms with Crippen LogP contribution in [0.5, 0.6) is 0 Å². The number of alkyl halides is 6. The summed E-state index contributed by atoms with van der Waals surface area (Å²) in [4.78, 5) is 44.3. The van der Waals surface area contributed by atoms with E-state index in [1.54, 1.807) is 36.4 Å². The van der Waals surface area contributed by atoms with Crippen LogP contribution in [0.1, 0.15) is 41.4 Å². The molecule has 0 bridgehead atoms. The molecule has 2 heterocycles. The van der Waals surface area contributed by atoms with Crippen molar-refractivity contribution in [3.05, 3.63) is 58.7 Å². The smallest absolute Gasteiger partial charge is 0.398 e. The van der Waals surface area contributed by atoms with E-state index >= 15 is 0 Å². The van der Waals surface area contributed by atoms with E-state index in [1.807, 2.05) is 0 Å². The van der Waals surface area contributed by atoms with Crippen LogP contribution in [0, 0.1) is 0 Å². The molecule has 176 valence electrons. The first-order valence-electron chi connectivity index (χ1n) is 8.70. The van der Waals surface area contributed by atoms with Crippen molar-refractivity contribution in [3.8, 4) is 0 Å². The highest BCUT2D eigenvalue weighted by atomic mass is 19.4. The van der Waals surface area contributed by atoms with Gasteiger partial charge in [0.05, 0.1) is 22.3 Å². The Hall–Kier alpha value is -4.10. The Kier molecular flexibility index (Phi) is 7.00. The van der Waals surface area contributed by atoms with Crippen molar-refractivity contribution in [1.82, 2.24) is 10.6 Å². The lowest BCUT2D eigenvalue weighted by Crippen LogP contribution is -2.38. The number of rotatable bonds is 1. The van der Waals surface area contributed by atoms with E-state index in [1.165, 1.54) is 0 Å². The van der Waals surface area contributed by atoms with Gasteiger partial charge in [-0.15, -0.1) is 0 Å². The monoisotopic (exact) mass is 476 g/mol. The summed E-state index contributed by atoms with van der Waals surface area (Å²) in [5.74, 6) is -6.75. The fraction of sp³-hybridized carbons (Fsp3) is 0.158. The molecule has 14 heteroatoms. The van der Waals surface area contributed by atoms with E-state index in [0.717, 1.165) is 0 Å². The van der Waals surface area contributed by atoms with Gasteiger partial charge in [0.25, 0.3) is 23.6 Å². The van der Waals surface area contributed by atoms with Crippen LogP contribution in [0.4, 0.5) is 37.7 Å². The standard InChI is InChI=1S/2C8H6N2O2.C3H2F6/c2*9-5-3-1-2-4-6(5)8(12)10-7(4)11;4-1-2(5,6)3(7,8)9/h2*1-3H,9H2,(H,10,11,12);1H2. The summed E-state index contributed by atoms with van der Waals surface area (Å²) >= 11 is 0. The minimum atomic E-state index is -5.76. The summed E-state index contributed by atoms with van der Waals surface area (Å²) in [5.41, 5.74) is 13.0. The zero-order valence-corrected chi connectivity index (χ0v) is 16.2. The van der Waals surface area contributed by atoms with Gasteiger partial charge in [-0.1, -0.05) is 12.1 Å². The van der Waals surface area contributed by atoms with Gasteiger partial charge >= 0.3 is 12.1 Å². The lowest BCUT2D eigenvalue weighted by Gasteiger charge is -2.14. The molecule has 0 spiro atoms. The van der Waals surface area contributed by atoms with Crippen LogP contribution in [-0.2, 0) is 0 Å². The van der Waals surface area contributed by atoms with E-state index in [0.29, 0.717) is 33.6 Å². The van der Waals surface area contributed by atoms with E-state index in [2.05, 4.69) is 10.6 Å². The SMILES string of the molecule is FCC(F)(F)C(F)(F)F.Nc1cccc2c1C(=O)NC2=O.Nc1cccc2c1C(=O)NC2=O. The van der Waals surface area contributed by atoms with Crippen LogP contribution in [0.3, 0.4) is 0 Å². The molecular formula is C19H14F6N4O4. The van der Waals surface area contributed by atoms with Gasteiger partial charge in [-0.05, 0) is 24.3 Å². The molecule has 0 aliphatic carbocycles. The molecule has 0 saturated carbocycles. The average Bonchev–Trinajstić information content (AvgIpc) is 3.18. The Morgan fingerprint density at radius 2 is 1.03 bits per heavy atom. The van der Waals surface area contributed by atoms with Crippen molar-refractivity contribution in [3.63, 3.8) is 0 Å². The van der Waals surface area contributed by atoms with Crippen molar-refractivity contribution in [2.75, 3.05) is 18.1 Å². The van der Waals surface area contributed by atoms with Crippen LogP contribution >= 0.6 is 0 Å². The number of carbonyl (C=O) groups excluding carboxylic acids is 4. The van der Waals surface area contributed by atoms with E-state index < -0.39 is 30.6 Å². The van der Waals surface area contributed by atoms with Gasteiger partial charge in [0.2, 0.25) is 0 Å². The van der Waals surface area contributed by atoms with Crippen LogP contribution in [0.25, 0.3) is 0 Å². The third kappa shape index (κ3) is 5.22. The molecule has 0 atom stereocenters. The summed E-state index contributed by atoms with van der Waals surface area (Å²) in [6.45, 7) is -2.70. The lowest BCUT2D eigenvalue weighted by atomic mass is 10.1. The molecule has 6 N–H and O–H groups in total. The number of nitrogens with one attached hydrogen (secondary N) is 2. The predicted octanol–water partition coefficient (Wildman–Crippen LogP) is 2.46. The molecule has 0 radical (unpaired) electrons. The van der Waals surface area contributed by atoms with Gasteiger partial charge in [0.15, 0.2) is 6.67 Å². The molecule has 2 aliphatic rings. The van der Waals surface area contributed by atoms with Crippen LogP contribution < -0.4 is 22.1 Å². The highest BCUT2D eigenvalue weighted by Crippen LogP contribution is 2.35. The molecule has 4 rings (SSSR count). The Balaban J connectivity index is 0.000000178. The highest BCUT2D eigenvalue weighted by molar-refractivity contribution is 6.24. The molecule has 0 fully saturated rings. The number of hydrogen-bond acceptors (Lipinski definition) is 6. The second-order valence-corrected chi connectivity index (χ2v) is 6.44. The van der Waals surface area contributed by atoms with Gasteiger partial charge in [-0.3, -0.25) is 29.8 Å². The molecule has 0 unspecified atom stereocenters. The van der Waals surface area contributed by atoms with E-state index in [9.17, 15) is 45.5 Å². The van der Waals surface area contributed by atoms with Crippen LogP contribution in [0.2, 0.25) is 0 Å². The minimum absolute atomic E-state index is 0.294. The van der Waals surface area contributed by atoms with Crippen LogP contribution in [0.15, 0.2) is 36.4 Å². The minimum Gasteiger partial charge on any atom is -0.398 e. The van der Waals surface area contributed by atoms with Gasteiger partial charge in [0.1, 0.15) is 0 Å². The summed E-state index contributed by atoms with van der Waals surface area (Å²) in [7, 11) is 0. The van der Waals surface area contributed by atoms with E-state index in [-0.39, 0.29) is 11.8 Å².